The van der Waals surface area contributed by atoms with E-state index in [2.05, 4.69) is 6.92 Å². The number of aliphatic carboxylic acids is 1. The molecule has 0 aromatic carbocycles. The normalized spacial score (nSPS) is 9.86. The van der Waals surface area contributed by atoms with Crippen molar-refractivity contribution in [1.82, 2.24) is 0 Å². The molecule has 0 spiro atoms. The predicted octanol–water partition coefficient (Wildman–Crippen LogP) is 3.45. The van der Waals surface area contributed by atoms with Crippen molar-refractivity contribution in [3.05, 3.63) is 0 Å². The average molecular weight is 374 g/mol. The van der Waals surface area contributed by atoms with E-state index >= 15 is 0 Å². The minimum Gasteiger partial charge on any atom is -1.00 e. The van der Waals surface area contributed by atoms with Crippen LogP contribution in [0.2, 0.25) is 0 Å². The van der Waals surface area contributed by atoms with Crippen LogP contribution in [0.5, 0.6) is 0 Å². The van der Waals surface area contributed by atoms with Gasteiger partial charge in [0.15, 0.2) is 0 Å². The second-order valence-electron chi connectivity index (χ2n) is 6.09. The molecule has 0 bridgehead atoms. The van der Waals surface area contributed by atoms with Crippen LogP contribution in [0.4, 0.5) is 0 Å². The second kappa shape index (κ2) is 24.3. The number of carboxylic acids is 1. The van der Waals surface area contributed by atoms with Gasteiger partial charge in [-0.1, -0.05) is 96.8 Å². The number of hydrogen-bond acceptors (Lipinski definition) is 1. The summed E-state index contributed by atoms with van der Waals surface area (Å²) >= 11 is 0. The first-order valence-electron chi connectivity index (χ1n) is 8.99. The zero-order chi connectivity index (χ0) is 14.9. The van der Waals surface area contributed by atoms with E-state index in [1.54, 1.807) is 0 Å². The number of rotatable bonds is 16. The second-order valence-corrected chi connectivity index (χ2v) is 6.09. The van der Waals surface area contributed by atoms with Gasteiger partial charge in [0.05, 0.1) is 0 Å². The molecule has 0 unspecified atom stereocenters. The molecule has 0 rings (SSSR count). The summed E-state index contributed by atoms with van der Waals surface area (Å²) in [6, 6.07) is 0. The Morgan fingerprint density at radius 2 is 0.955 bits per heavy atom. The topological polar surface area (TPSA) is 37.3 Å². The molecule has 4 heteroatoms. The van der Waals surface area contributed by atoms with E-state index < -0.39 is 5.97 Å². The van der Waals surface area contributed by atoms with E-state index in [0.29, 0.717) is 6.42 Å². The minimum atomic E-state index is -0.653. The van der Waals surface area contributed by atoms with Gasteiger partial charge < -0.3 is 6.53 Å². The van der Waals surface area contributed by atoms with Gasteiger partial charge in [0.1, 0.15) is 0 Å². The Balaban J connectivity index is -0.000000602. The van der Waals surface area contributed by atoms with Gasteiger partial charge in [-0.15, -0.1) is 0 Å². The molecule has 0 aromatic heterocycles. The molecule has 2 nitrogen and oxygen atoms in total. The zero-order valence-electron chi connectivity index (χ0n) is 16.4. The Bertz CT molecular complexity index is 219. The molecule has 0 aromatic rings. The Kier molecular flexibility index (Phi) is 30.9. The van der Waals surface area contributed by atoms with Gasteiger partial charge in [-0.2, -0.15) is 0 Å². The van der Waals surface area contributed by atoms with Crippen molar-refractivity contribution in [2.45, 2.75) is 110 Å². The summed E-state index contributed by atoms with van der Waals surface area (Å²) in [6.45, 7) is 2.27. The number of carboxylic acid groups (broad SMARTS) is 1. The third-order valence-corrected chi connectivity index (χ3v) is 3.99. The fourth-order valence-corrected chi connectivity index (χ4v) is 2.65. The first-order valence-corrected chi connectivity index (χ1v) is 8.99. The fraction of sp³-hybridized carbons (Fsp3) is 0.944. The van der Waals surface area contributed by atoms with Crippen LogP contribution in [-0.2, 0) is 24.3 Å². The van der Waals surface area contributed by atoms with Crippen LogP contribution in [0.25, 0.3) is 0 Å². The zero-order valence-corrected chi connectivity index (χ0v) is 20.3. The van der Waals surface area contributed by atoms with Gasteiger partial charge in [-0.05, 0) is 6.42 Å². The van der Waals surface area contributed by atoms with Gasteiger partial charge in [-0.25, -0.2) is 0 Å². The van der Waals surface area contributed by atoms with Gasteiger partial charge >= 0.3 is 35.5 Å². The Hall–Kier alpha value is 1.09. The molecule has 124 valence electrons. The van der Waals surface area contributed by atoms with Gasteiger partial charge in [0.25, 0.3) is 0 Å². The van der Waals surface area contributed by atoms with Crippen LogP contribution < -0.4 is 29.6 Å². The molecule has 0 aliphatic rings. The van der Waals surface area contributed by atoms with Gasteiger partial charge in [0.2, 0.25) is 0 Å². The van der Waals surface area contributed by atoms with Crippen molar-refractivity contribution in [3.8, 4) is 0 Å². The van der Waals surface area contributed by atoms with E-state index in [-0.39, 0.29) is 50.5 Å². The van der Waals surface area contributed by atoms with Crippen molar-refractivity contribution in [2.75, 3.05) is 0 Å². The molecule has 0 saturated heterocycles. The SMILES string of the molecule is CCCCCCCCCCCCCCCCCC(=O)O.[H-].[Na+].[Zn]. The smallest absolute Gasteiger partial charge is 1.00 e. The van der Waals surface area contributed by atoms with Crippen LogP contribution in [0.15, 0.2) is 0 Å². The first kappa shape index (κ1) is 27.9. The molecule has 0 amide bonds. The van der Waals surface area contributed by atoms with Crippen molar-refractivity contribution < 1.29 is 60.4 Å². The van der Waals surface area contributed by atoms with E-state index in [1.807, 2.05) is 0 Å². The van der Waals surface area contributed by atoms with Gasteiger partial charge in [-0.3, -0.25) is 4.79 Å². The van der Waals surface area contributed by atoms with Crippen molar-refractivity contribution >= 4 is 5.97 Å². The third-order valence-electron chi connectivity index (χ3n) is 3.99. The maximum absolute atomic E-state index is 10.3. The van der Waals surface area contributed by atoms with Gasteiger partial charge in [0, 0.05) is 25.9 Å². The van der Waals surface area contributed by atoms with E-state index in [1.165, 1.54) is 83.5 Å². The van der Waals surface area contributed by atoms with Crippen molar-refractivity contribution in [2.24, 2.45) is 0 Å². The monoisotopic (exact) mass is 372 g/mol. The molecular formula is C18H37NaO2Zn. The minimum absolute atomic E-state index is 0. The van der Waals surface area contributed by atoms with E-state index in [0.717, 1.165) is 12.8 Å². The third kappa shape index (κ3) is 26.0. The summed E-state index contributed by atoms with van der Waals surface area (Å²) in [4.78, 5) is 10.3. The van der Waals surface area contributed by atoms with Crippen LogP contribution in [-0.4, -0.2) is 11.1 Å². The molecule has 0 aliphatic carbocycles. The average Bonchev–Trinajstić information content (AvgIpc) is 2.43. The van der Waals surface area contributed by atoms with Crippen LogP contribution in [0, 0.1) is 0 Å². The standard InChI is InChI=1S/C18H36O2.Na.Zn.H/c1-2-3-4-5-6-7-8-9-10-11-12-13-14-15-16-17-18(19)20;;;/h2-17H2,1H3,(H,19,20);;;/q;+1;;-1. The molecule has 0 aliphatic heterocycles. The molecule has 0 saturated carbocycles. The van der Waals surface area contributed by atoms with E-state index in [9.17, 15) is 4.79 Å². The van der Waals surface area contributed by atoms with Crippen molar-refractivity contribution in [3.63, 3.8) is 0 Å². The molecular weight excluding hydrogens is 337 g/mol. The quantitative estimate of drug-likeness (QED) is 0.332. The number of unbranched alkanes of at least 4 members (excludes halogenated alkanes) is 14. The van der Waals surface area contributed by atoms with Crippen LogP contribution >= 0.6 is 0 Å². The van der Waals surface area contributed by atoms with Crippen molar-refractivity contribution in [1.29, 1.82) is 0 Å². The number of hydrogen-bond donors (Lipinski definition) is 1. The summed E-state index contributed by atoms with van der Waals surface area (Å²) in [5.41, 5.74) is 0. The molecule has 22 heavy (non-hydrogen) atoms. The summed E-state index contributed by atoms with van der Waals surface area (Å²) in [7, 11) is 0. The largest absolute Gasteiger partial charge is 1.00 e. The molecule has 1 N–H and O–H groups in total. The molecule has 0 radical (unpaired) electrons. The fourth-order valence-electron chi connectivity index (χ4n) is 2.65. The maximum Gasteiger partial charge on any atom is 1.00 e. The van der Waals surface area contributed by atoms with E-state index in [4.69, 9.17) is 5.11 Å². The summed E-state index contributed by atoms with van der Waals surface area (Å²) in [5, 5.41) is 8.52. The predicted molar refractivity (Wildman–Crippen MR) is 88.3 cm³/mol. The maximum atomic E-state index is 10.3. The van der Waals surface area contributed by atoms with Crippen LogP contribution in [0.3, 0.4) is 0 Å². The summed E-state index contributed by atoms with van der Waals surface area (Å²) in [5.74, 6) is -0.653. The molecule has 0 heterocycles. The number of carbonyl (C=O) groups is 1. The summed E-state index contributed by atoms with van der Waals surface area (Å²) < 4.78 is 0. The Morgan fingerprint density at radius 3 is 1.23 bits per heavy atom. The summed E-state index contributed by atoms with van der Waals surface area (Å²) in [6.07, 6.45) is 20.2. The first-order chi connectivity index (χ1) is 9.77. The Labute approximate surface area is 175 Å². The van der Waals surface area contributed by atoms with Crippen LogP contribution in [0.1, 0.15) is 111 Å². The molecule has 0 atom stereocenters. The molecule has 0 fully saturated rings. The Morgan fingerprint density at radius 1 is 0.682 bits per heavy atom.